The second-order valence-electron chi connectivity index (χ2n) is 8.54. The maximum absolute atomic E-state index is 12.4. The molecule has 8 nitrogen and oxygen atoms in total. The van der Waals surface area contributed by atoms with Crippen LogP contribution in [0.3, 0.4) is 0 Å². The summed E-state index contributed by atoms with van der Waals surface area (Å²) in [5.74, 6) is 1.71. The number of fused-ring (bicyclic) bond motifs is 1. The quantitative estimate of drug-likeness (QED) is 0.383. The summed E-state index contributed by atoms with van der Waals surface area (Å²) in [6.45, 7) is 6.41. The Balaban J connectivity index is 1.18. The van der Waals surface area contributed by atoms with E-state index in [1.54, 1.807) is 11.7 Å². The smallest absolute Gasteiger partial charge is 0.345 e. The third kappa shape index (κ3) is 5.76. The number of guanidine groups is 1. The van der Waals surface area contributed by atoms with E-state index >= 15 is 0 Å². The molecule has 1 fully saturated rings. The lowest BCUT2D eigenvalue weighted by Gasteiger charge is -2.15. The molecule has 1 aromatic carbocycles. The van der Waals surface area contributed by atoms with Crippen molar-refractivity contribution in [3.63, 3.8) is 0 Å². The van der Waals surface area contributed by atoms with Crippen molar-refractivity contribution in [1.82, 2.24) is 29.9 Å². The predicted octanol–water partition coefficient (Wildman–Crippen LogP) is 1.73. The second-order valence-corrected chi connectivity index (χ2v) is 8.54. The van der Waals surface area contributed by atoms with Gasteiger partial charge < -0.3 is 10.6 Å². The number of hydrogen-bond donors (Lipinski definition) is 2. The van der Waals surface area contributed by atoms with Crippen LogP contribution in [0.15, 0.2) is 34.1 Å². The number of aryl methyl sites for hydroxylation is 2. The summed E-state index contributed by atoms with van der Waals surface area (Å²) >= 11 is 0. The Morgan fingerprint density at radius 3 is 2.52 bits per heavy atom. The molecule has 0 amide bonds. The first kappa shape index (κ1) is 21.6. The fourth-order valence-corrected chi connectivity index (χ4v) is 4.40. The summed E-state index contributed by atoms with van der Waals surface area (Å²) in [6, 6.07) is 8.85. The van der Waals surface area contributed by atoms with Gasteiger partial charge in [0.15, 0.2) is 5.96 Å². The van der Waals surface area contributed by atoms with Crippen molar-refractivity contribution in [3.05, 3.63) is 51.7 Å². The average molecular weight is 426 g/mol. The largest absolute Gasteiger partial charge is 0.356 e. The van der Waals surface area contributed by atoms with Gasteiger partial charge in [0.05, 0.1) is 0 Å². The second kappa shape index (κ2) is 10.6. The van der Waals surface area contributed by atoms with E-state index in [0.717, 1.165) is 63.6 Å². The van der Waals surface area contributed by atoms with Crippen molar-refractivity contribution in [2.45, 2.75) is 64.7 Å². The Hall–Kier alpha value is -2.61. The first-order valence-electron chi connectivity index (χ1n) is 11.6. The summed E-state index contributed by atoms with van der Waals surface area (Å²) < 4.78 is 3.44. The van der Waals surface area contributed by atoms with Crippen LogP contribution < -0.4 is 16.3 Å². The number of hydrogen-bond acceptors (Lipinski definition) is 4. The van der Waals surface area contributed by atoms with Crippen molar-refractivity contribution >= 4 is 5.96 Å². The van der Waals surface area contributed by atoms with Crippen LogP contribution in [-0.2, 0) is 32.6 Å². The molecule has 8 heteroatoms. The number of nitrogens with one attached hydrogen (secondary N) is 2. The van der Waals surface area contributed by atoms with Gasteiger partial charge in [-0.05, 0) is 56.3 Å². The van der Waals surface area contributed by atoms with Crippen LogP contribution in [0.25, 0.3) is 0 Å². The first-order chi connectivity index (χ1) is 15.2. The standard InChI is InChI=1S/C23H35N7O/c1-24-22(25-12-6-16-30-23(31)29-15-3-2-7-21(29)27-30)26-17-19-8-10-20(11-9-19)18-28-13-4-5-14-28/h8-11H,2-7,12-18H2,1H3,(H2,24,25,26). The topological polar surface area (TPSA) is 79.5 Å². The molecular formula is C23H35N7O. The van der Waals surface area contributed by atoms with Gasteiger partial charge in [-0.3, -0.25) is 14.5 Å². The van der Waals surface area contributed by atoms with Gasteiger partial charge in [0.25, 0.3) is 0 Å². The molecule has 2 aliphatic heterocycles. The Morgan fingerprint density at radius 2 is 1.77 bits per heavy atom. The molecule has 31 heavy (non-hydrogen) atoms. The first-order valence-corrected chi connectivity index (χ1v) is 11.6. The van der Waals surface area contributed by atoms with E-state index in [9.17, 15) is 4.79 Å². The molecule has 0 spiro atoms. The van der Waals surface area contributed by atoms with Crippen LogP contribution in [0.4, 0.5) is 0 Å². The van der Waals surface area contributed by atoms with Gasteiger partial charge in [-0.1, -0.05) is 24.3 Å². The third-order valence-corrected chi connectivity index (χ3v) is 6.18. The molecule has 0 aliphatic carbocycles. The Bertz CT molecular complexity index is 922. The Labute approximate surface area is 184 Å². The molecule has 2 aromatic rings. The SMILES string of the molecule is CN=C(NCCCn1nc2n(c1=O)CCCC2)NCc1ccc(CN2CCCC2)cc1. The minimum absolute atomic E-state index is 0.0328. The van der Waals surface area contributed by atoms with Crippen LogP contribution in [0.5, 0.6) is 0 Å². The average Bonchev–Trinajstić information content (AvgIpc) is 3.42. The van der Waals surface area contributed by atoms with E-state index in [1.165, 1.54) is 37.1 Å². The number of rotatable bonds is 8. The lowest BCUT2D eigenvalue weighted by Crippen LogP contribution is -2.38. The van der Waals surface area contributed by atoms with Crippen LogP contribution in [0.1, 0.15) is 49.1 Å². The summed E-state index contributed by atoms with van der Waals surface area (Å²) in [4.78, 5) is 19.2. The van der Waals surface area contributed by atoms with E-state index in [4.69, 9.17) is 0 Å². The molecule has 2 aliphatic rings. The maximum Gasteiger partial charge on any atom is 0.345 e. The molecule has 0 unspecified atom stereocenters. The van der Waals surface area contributed by atoms with Crippen molar-refractivity contribution in [3.8, 4) is 0 Å². The third-order valence-electron chi connectivity index (χ3n) is 6.18. The fourth-order valence-electron chi connectivity index (χ4n) is 4.40. The number of likely N-dealkylation sites (tertiary alicyclic amines) is 1. The highest BCUT2D eigenvalue weighted by Gasteiger charge is 2.16. The van der Waals surface area contributed by atoms with Gasteiger partial charge in [-0.2, -0.15) is 5.10 Å². The number of aromatic nitrogens is 3. The molecule has 0 saturated carbocycles. The molecular weight excluding hydrogens is 390 g/mol. The molecule has 0 radical (unpaired) electrons. The number of benzene rings is 1. The highest BCUT2D eigenvalue weighted by atomic mass is 16.2. The summed E-state index contributed by atoms with van der Waals surface area (Å²) in [7, 11) is 1.78. The van der Waals surface area contributed by atoms with E-state index in [1.807, 2.05) is 4.57 Å². The van der Waals surface area contributed by atoms with Crippen molar-refractivity contribution in [2.24, 2.45) is 4.99 Å². The van der Waals surface area contributed by atoms with Gasteiger partial charge in [0, 0.05) is 46.2 Å². The van der Waals surface area contributed by atoms with Gasteiger partial charge in [0.2, 0.25) is 0 Å². The molecule has 168 valence electrons. The number of aliphatic imine (C=N–C) groups is 1. The predicted molar refractivity (Wildman–Crippen MR) is 123 cm³/mol. The summed E-state index contributed by atoms with van der Waals surface area (Å²) in [6.07, 6.45) is 6.59. The molecule has 1 aromatic heterocycles. The molecule has 0 atom stereocenters. The molecule has 2 N–H and O–H groups in total. The van der Waals surface area contributed by atoms with Crippen LogP contribution >= 0.6 is 0 Å². The zero-order valence-electron chi connectivity index (χ0n) is 18.6. The minimum atomic E-state index is 0.0328. The van der Waals surface area contributed by atoms with Gasteiger partial charge >= 0.3 is 5.69 Å². The highest BCUT2D eigenvalue weighted by molar-refractivity contribution is 5.79. The van der Waals surface area contributed by atoms with Crippen molar-refractivity contribution in [1.29, 1.82) is 0 Å². The van der Waals surface area contributed by atoms with E-state index in [2.05, 4.69) is 49.9 Å². The van der Waals surface area contributed by atoms with Crippen LogP contribution in [-0.4, -0.2) is 51.9 Å². The van der Waals surface area contributed by atoms with E-state index in [-0.39, 0.29) is 5.69 Å². The van der Waals surface area contributed by atoms with E-state index < -0.39 is 0 Å². The van der Waals surface area contributed by atoms with Gasteiger partial charge in [-0.25, -0.2) is 9.48 Å². The van der Waals surface area contributed by atoms with Crippen LogP contribution in [0, 0.1) is 0 Å². The molecule has 1 saturated heterocycles. The molecule has 0 bridgehead atoms. The van der Waals surface area contributed by atoms with Gasteiger partial charge in [0.1, 0.15) is 5.82 Å². The monoisotopic (exact) mass is 425 g/mol. The minimum Gasteiger partial charge on any atom is -0.356 e. The normalized spacial score (nSPS) is 17.0. The zero-order chi connectivity index (χ0) is 21.5. The summed E-state index contributed by atoms with van der Waals surface area (Å²) in [5.41, 5.74) is 2.65. The summed E-state index contributed by atoms with van der Waals surface area (Å²) in [5, 5.41) is 11.2. The highest BCUT2D eigenvalue weighted by Crippen LogP contribution is 2.13. The maximum atomic E-state index is 12.4. The lowest BCUT2D eigenvalue weighted by atomic mass is 10.1. The Morgan fingerprint density at radius 1 is 1.03 bits per heavy atom. The molecule has 4 rings (SSSR count). The molecule has 3 heterocycles. The van der Waals surface area contributed by atoms with Crippen molar-refractivity contribution < 1.29 is 0 Å². The Kier molecular flexibility index (Phi) is 7.40. The van der Waals surface area contributed by atoms with Crippen molar-refractivity contribution in [2.75, 3.05) is 26.7 Å². The van der Waals surface area contributed by atoms with Gasteiger partial charge in [-0.15, -0.1) is 0 Å². The van der Waals surface area contributed by atoms with Crippen LogP contribution in [0.2, 0.25) is 0 Å². The number of nitrogens with zero attached hydrogens (tertiary/aromatic N) is 5. The fraction of sp³-hybridized carbons (Fsp3) is 0.609. The van der Waals surface area contributed by atoms with E-state index in [0.29, 0.717) is 6.54 Å². The lowest BCUT2D eigenvalue weighted by molar-refractivity contribution is 0.331. The zero-order valence-corrected chi connectivity index (χ0v) is 18.6.